The lowest BCUT2D eigenvalue weighted by Crippen LogP contribution is -2.41. The van der Waals surface area contributed by atoms with Gasteiger partial charge in [-0.15, -0.1) is 0 Å². The molecule has 5 nitrogen and oxygen atoms in total. The number of nitrogens with one attached hydrogen (secondary N) is 1. The van der Waals surface area contributed by atoms with Crippen molar-refractivity contribution in [3.8, 4) is 0 Å². The lowest BCUT2D eigenvalue weighted by Gasteiger charge is -2.32. The van der Waals surface area contributed by atoms with Crippen LogP contribution in [0.5, 0.6) is 0 Å². The second-order valence-electron chi connectivity index (χ2n) is 6.51. The van der Waals surface area contributed by atoms with E-state index in [0.717, 1.165) is 11.1 Å². The minimum atomic E-state index is -0.343. The largest absolute Gasteiger partial charge is 0.355 e. The van der Waals surface area contributed by atoms with Crippen LogP contribution in [0, 0.1) is 0 Å². The van der Waals surface area contributed by atoms with E-state index in [4.69, 9.17) is 0 Å². The number of benzene rings is 2. The second-order valence-corrected chi connectivity index (χ2v) is 6.51. The van der Waals surface area contributed by atoms with Gasteiger partial charge in [-0.25, -0.2) is 0 Å². The zero-order valence-corrected chi connectivity index (χ0v) is 16.6. The Hall–Kier alpha value is -2.66. The molecule has 0 bridgehead atoms. The molecule has 0 spiro atoms. The van der Waals surface area contributed by atoms with E-state index in [-0.39, 0.29) is 17.9 Å². The molecule has 2 rings (SSSR count). The van der Waals surface area contributed by atoms with Gasteiger partial charge in [-0.05, 0) is 44.2 Å². The molecule has 2 amide bonds. The van der Waals surface area contributed by atoms with Crippen LogP contribution in [0.4, 0.5) is 0 Å². The van der Waals surface area contributed by atoms with Crippen molar-refractivity contribution in [2.24, 2.45) is 0 Å². The second kappa shape index (κ2) is 9.88. The Morgan fingerprint density at radius 1 is 0.963 bits per heavy atom. The average Bonchev–Trinajstić information content (AvgIpc) is 2.70. The Kier molecular flexibility index (Phi) is 7.55. The summed E-state index contributed by atoms with van der Waals surface area (Å²) in [7, 11) is 3.58. The molecule has 144 valence electrons. The Morgan fingerprint density at radius 2 is 1.56 bits per heavy atom. The fourth-order valence-electron chi connectivity index (χ4n) is 3.21. The van der Waals surface area contributed by atoms with Gasteiger partial charge in [0.15, 0.2) is 0 Å². The van der Waals surface area contributed by atoms with Crippen LogP contribution in [0.3, 0.4) is 0 Å². The number of hydrogen-bond acceptors (Lipinski definition) is 3. The topological polar surface area (TPSA) is 52.7 Å². The molecule has 5 heteroatoms. The fraction of sp³-hybridized carbons (Fsp3) is 0.364. The Bertz CT molecular complexity index is 740. The van der Waals surface area contributed by atoms with Crippen molar-refractivity contribution in [3.63, 3.8) is 0 Å². The van der Waals surface area contributed by atoms with E-state index >= 15 is 0 Å². The van der Waals surface area contributed by atoms with Crippen LogP contribution in [-0.2, 0) is 11.3 Å². The van der Waals surface area contributed by atoms with Gasteiger partial charge in [0, 0.05) is 32.2 Å². The molecule has 1 N–H and O–H groups in total. The quantitative estimate of drug-likeness (QED) is 0.780. The summed E-state index contributed by atoms with van der Waals surface area (Å²) in [6, 6.07) is 17.0. The normalized spacial score (nSPS) is 11.9. The van der Waals surface area contributed by atoms with E-state index in [1.165, 1.54) is 0 Å². The first kappa shape index (κ1) is 20.6. The molecule has 0 heterocycles. The van der Waals surface area contributed by atoms with Crippen molar-refractivity contribution in [1.82, 2.24) is 15.1 Å². The van der Waals surface area contributed by atoms with Crippen molar-refractivity contribution < 1.29 is 9.59 Å². The SMILES string of the molecule is CCN(CC)C(=O)[C@H](c1ccccc1)N(C)Cc1ccc(C(=O)NC)cc1. The van der Waals surface area contributed by atoms with Crippen LogP contribution in [0.25, 0.3) is 0 Å². The molecule has 0 radical (unpaired) electrons. The van der Waals surface area contributed by atoms with Crippen LogP contribution in [0.15, 0.2) is 54.6 Å². The molecule has 0 aromatic heterocycles. The van der Waals surface area contributed by atoms with Gasteiger partial charge in [0.1, 0.15) is 6.04 Å². The zero-order valence-electron chi connectivity index (χ0n) is 16.6. The Balaban J connectivity index is 2.24. The highest BCUT2D eigenvalue weighted by Gasteiger charge is 2.28. The first-order valence-electron chi connectivity index (χ1n) is 9.36. The molecule has 0 unspecified atom stereocenters. The summed E-state index contributed by atoms with van der Waals surface area (Å²) in [5, 5.41) is 2.62. The van der Waals surface area contributed by atoms with Crippen molar-refractivity contribution in [1.29, 1.82) is 0 Å². The molecule has 0 saturated heterocycles. The molecule has 0 fully saturated rings. The number of likely N-dealkylation sites (N-methyl/N-ethyl adjacent to an activating group) is 2. The third kappa shape index (κ3) is 5.17. The molecular weight excluding hydrogens is 338 g/mol. The van der Waals surface area contributed by atoms with E-state index in [2.05, 4.69) is 10.2 Å². The standard InChI is InChI=1S/C22H29N3O2/c1-5-25(6-2)22(27)20(18-10-8-7-9-11-18)24(4)16-17-12-14-19(15-13-17)21(26)23-3/h7-15,20H,5-6,16H2,1-4H3,(H,23,26)/t20-/m0/s1. The maximum absolute atomic E-state index is 13.2. The summed E-state index contributed by atoms with van der Waals surface area (Å²) in [5.74, 6) is 0.00413. The van der Waals surface area contributed by atoms with Gasteiger partial charge in [-0.2, -0.15) is 0 Å². The highest BCUT2D eigenvalue weighted by molar-refractivity contribution is 5.93. The van der Waals surface area contributed by atoms with Gasteiger partial charge in [-0.3, -0.25) is 14.5 Å². The molecule has 2 aromatic carbocycles. The summed E-state index contributed by atoms with van der Waals surface area (Å²) in [6.45, 7) is 5.99. The summed E-state index contributed by atoms with van der Waals surface area (Å²) >= 11 is 0. The Labute approximate surface area is 162 Å². The highest BCUT2D eigenvalue weighted by atomic mass is 16.2. The smallest absolute Gasteiger partial charge is 0.251 e. The highest BCUT2D eigenvalue weighted by Crippen LogP contribution is 2.24. The predicted octanol–water partition coefficient (Wildman–Crippen LogP) is 3.09. The summed E-state index contributed by atoms with van der Waals surface area (Å²) in [6.07, 6.45) is 0. The van der Waals surface area contributed by atoms with E-state index < -0.39 is 0 Å². The van der Waals surface area contributed by atoms with Crippen molar-refractivity contribution in [2.75, 3.05) is 27.2 Å². The fourth-order valence-corrected chi connectivity index (χ4v) is 3.21. The molecule has 0 aliphatic rings. The minimum Gasteiger partial charge on any atom is -0.355 e. The van der Waals surface area contributed by atoms with E-state index in [1.807, 2.05) is 80.4 Å². The number of nitrogens with zero attached hydrogens (tertiary/aromatic N) is 2. The third-order valence-electron chi connectivity index (χ3n) is 4.74. The average molecular weight is 367 g/mol. The number of carbonyl (C=O) groups is 2. The van der Waals surface area contributed by atoms with Crippen LogP contribution in [-0.4, -0.2) is 48.8 Å². The molecular formula is C22H29N3O2. The molecule has 1 atom stereocenters. The maximum Gasteiger partial charge on any atom is 0.251 e. The minimum absolute atomic E-state index is 0.103. The molecule has 27 heavy (non-hydrogen) atoms. The zero-order chi connectivity index (χ0) is 19.8. The van der Waals surface area contributed by atoms with Crippen LogP contribution >= 0.6 is 0 Å². The van der Waals surface area contributed by atoms with E-state index in [0.29, 0.717) is 25.2 Å². The summed E-state index contributed by atoms with van der Waals surface area (Å²) in [4.78, 5) is 28.8. The van der Waals surface area contributed by atoms with Gasteiger partial charge >= 0.3 is 0 Å². The van der Waals surface area contributed by atoms with Gasteiger partial charge in [0.25, 0.3) is 5.91 Å². The Morgan fingerprint density at radius 3 is 2.07 bits per heavy atom. The van der Waals surface area contributed by atoms with Gasteiger partial charge < -0.3 is 10.2 Å². The first-order chi connectivity index (χ1) is 13.0. The van der Waals surface area contributed by atoms with Gasteiger partial charge in [0.05, 0.1) is 0 Å². The third-order valence-corrected chi connectivity index (χ3v) is 4.74. The molecule has 0 aliphatic heterocycles. The number of hydrogen-bond donors (Lipinski definition) is 1. The monoisotopic (exact) mass is 367 g/mol. The van der Waals surface area contributed by atoms with Crippen molar-refractivity contribution in [2.45, 2.75) is 26.4 Å². The van der Waals surface area contributed by atoms with Crippen molar-refractivity contribution >= 4 is 11.8 Å². The summed E-state index contributed by atoms with van der Waals surface area (Å²) in [5.41, 5.74) is 2.67. The number of rotatable bonds is 8. The number of carbonyl (C=O) groups excluding carboxylic acids is 2. The molecule has 0 aliphatic carbocycles. The molecule has 0 saturated carbocycles. The van der Waals surface area contributed by atoms with Crippen LogP contribution in [0.2, 0.25) is 0 Å². The maximum atomic E-state index is 13.2. The van der Waals surface area contributed by atoms with E-state index in [1.54, 1.807) is 7.05 Å². The molecule has 2 aromatic rings. The van der Waals surface area contributed by atoms with Crippen LogP contribution < -0.4 is 5.32 Å². The van der Waals surface area contributed by atoms with E-state index in [9.17, 15) is 9.59 Å². The lowest BCUT2D eigenvalue weighted by atomic mass is 10.0. The van der Waals surface area contributed by atoms with Crippen LogP contribution in [0.1, 0.15) is 41.4 Å². The lowest BCUT2D eigenvalue weighted by molar-refractivity contribution is -0.136. The predicted molar refractivity (Wildman–Crippen MR) is 108 cm³/mol. The van der Waals surface area contributed by atoms with Crippen molar-refractivity contribution in [3.05, 3.63) is 71.3 Å². The first-order valence-corrected chi connectivity index (χ1v) is 9.36. The van der Waals surface area contributed by atoms with Gasteiger partial charge in [-0.1, -0.05) is 42.5 Å². The number of amides is 2. The summed E-state index contributed by atoms with van der Waals surface area (Å²) < 4.78 is 0. The van der Waals surface area contributed by atoms with Gasteiger partial charge in [0.2, 0.25) is 5.91 Å².